The van der Waals surface area contributed by atoms with E-state index in [2.05, 4.69) is 15.0 Å². The Morgan fingerprint density at radius 2 is 1.97 bits per heavy atom. The van der Waals surface area contributed by atoms with Gasteiger partial charge in [0.15, 0.2) is 17.7 Å². The molecular weight excluding hydrogens is 448 g/mol. The largest absolute Gasteiger partial charge is 0.507 e. The summed E-state index contributed by atoms with van der Waals surface area (Å²) in [6.45, 7) is -0.720. The molecule has 0 bridgehead atoms. The zero-order valence-corrected chi connectivity index (χ0v) is 17.0. The lowest BCUT2D eigenvalue weighted by Gasteiger charge is -2.16. The second-order valence-corrected chi connectivity index (χ2v) is 8.16. The smallest absolute Gasteiger partial charge is 0.362 e. The number of nitrogens with zero attached hydrogens (tertiary/aromatic N) is 4. The van der Waals surface area contributed by atoms with E-state index in [1.165, 1.54) is 41.5 Å². The number of hydrogen-bond acceptors (Lipinski definition) is 12. The van der Waals surface area contributed by atoms with E-state index in [1.54, 1.807) is 4.72 Å². The standard InChI is InChI=1S/C17H18N6O8S/c18-14-11-15(20-6-19-14)23(7-21-11)17-13(26)12(25)10(31-17)5-30-32(28,29)22-16(27)8-3-1-2-4-9(8)24/h1-4,6-7,10,12-13,17,24-26H,5H2,(H,22,27)(H2,18,19,20)/t10-,12+,13?,17-/m1/s1. The van der Waals surface area contributed by atoms with Crippen molar-refractivity contribution in [2.24, 2.45) is 0 Å². The molecule has 1 amide bonds. The lowest BCUT2D eigenvalue weighted by atomic mass is 10.1. The Morgan fingerprint density at radius 1 is 1.22 bits per heavy atom. The number of hydrogen-bond donors (Lipinski definition) is 5. The molecule has 0 saturated carbocycles. The molecule has 1 saturated heterocycles. The summed E-state index contributed by atoms with van der Waals surface area (Å²) in [5, 5.41) is 30.3. The van der Waals surface area contributed by atoms with Crippen LogP contribution in [0.5, 0.6) is 5.75 Å². The second kappa shape index (κ2) is 8.29. The summed E-state index contributed by atoms with van der Waals surface area (Å²) in [5.41, 5.74) is 5.94. The molecule has 4 atom stereocenters. The number of phenolic OH excluding ortho intramolecular Hbond substituents is 1. The number of nitrogens with one attached hydrogen (secondary N) is 1. The van der Waals surface area contributed by atoms with Crippen molar-refractivity contribution in [3.05, 3.63) is 42.5 Å². The molecule has 3 heterocycles. The van der Waals surface area contributed by atoms with Crippen LogP contribution in [0.2, 0.25) is 0 Å². The third-order valence-corrected chi connectivity index (χ3v) is 5.63. The topological polar surface area (TPSA) is 212 Å². The number of rotatable bonds is 6. The number of benzene rings is 1. The summed E-state index contributed by atoms with van der Waals surface area (Å²) >= 11 is 0. The number of amides is 1. The van der Waals surface area contributed by atoms with Crippen molar-refractivity contribution in [2.75, 3.05) is 12.3 Å². The molecule has 6 N–H and O–H groups in total. The fourth-order valence-electron chi connectivity index (χ4n) is 3.17. The predicted octanol–water partition coefficient (Wildman–Crippen LogP) is -1.58. The number of nitrogens with two attached hydrogens (primary N) is 1. The van der Waals surface area contributed by atoms with Crippen molar-refractivity contribution in [3.8, 4) is 5.75 Å². The minimum atomic E-state index is -4.63. The zero-order valence-electron chi connectivity index (χ0n) is 16.1. The summed E-state index contributed by atoms with van der Waals surface area (Å²) < 4.78 is 37.5. The number of ether oxygens (including phenoxy) is 1. The monoisotopic (exact) mass is 466 g/mol. The quantitative estimate of drug-likeness (QED) is 0.279. The Kier molecular flexibility index (Phi) is 5.66. The van der Waals surface area contributed by atoms with Crippen LogP contribution < -0.4 is 10.5 Å². The van der Waals surface area contributed by atoms with Crippen LogP contribution in [0.1, 0.15) is 16.6 Å². The second-order valence-electron chi connectivity index (χ2n) is 6.82. The number of aliphatic hydroxyl groups is 2. The number of para-hydroxylation sites is 1. The minimum Gasteiger partial charge on any atom is -0.507 e. The molecule has 2 aromatic heterocycles. The summed E-state index contributed by atoms with van der Waals surface area (Å²) in [6.07, 6.45) is -2.98. The van der Waals surface area contributed by atoms with E-state index >= 15 is 0 Å². The highest BCUT2D eigenvalue weighted by molar-refractivity contribution is 7.85. The van der Waals surface area contributed by atoms with Crippen LogP contribution in [0, 0.1) is 0 Å². The summed E-state index contributed by atoms with van der Waals surface area (Å²) in [5.74, 6) is -1.43. The Hall–Kier alpha value is -3.37. The van der Waals surface area contributed by atoms with Crippen LogP contribution in [-0.2, 0) is 19.2 Å². The Morgan fingerprint density at radius 3 is 2.72 bits per heavy atom. The molecule has 1 fully saturated rings. The summed E-state index contributed by atoms with van der Waals surface area (Å²) in [6, 6.07) is 5.33. The number of carbonyl (C=O) groups is 1. The van der Waals surface area contributed by atoms with E-state index in [0.29, 0.717) is 0 Å². The molecular formula is C17H18N6O8S. The van der Waals surface area contributed by atoms with Crippen molar-refractivity contribution in [3.63, 3.8) is 0 Å². The van der Waals surface area contributed by atoms with Crippen LogP contribution >= 0.6 is 0 Å². The van der Waals surface area contributed by atoms with Gasteiger partial charge in [-0.25, -0.2) is 19.7 Å². The number of aliphatic hydroxyl groups excluding tert-OH is 2. The van der Waals surface area contributed by atoms with Crippen molar-refractivity contribution in [1.82, 2.24) is 24.2 Å². The molecule has 1 aromatic carbocycles. The van der Waals surface area contributed by atoms with Crippen molar-refractivity contribution < 1.29 is 37.5 Å². The minimum absolute atomic E-state index is 0.105. The number of phenols is 1. The first-order chi connectivity index (χ1) is 15.2. The average Bonchev–Trinajstić information content (AvgIpc) is 3.29. The molecule has 1 aliphatic heterocycles. The SMILES string of the molecule is Nc1ncnc2c1ncn2[C@@H]1O[C@H](COS(=O)(=O)NC(=O)c2ccccc2O)[C@H](O)C1O. The van der Waals surface area contributed by atoms with Crippen LogP contribution in [0.4, 0.5) is 5.82 Å². The van der Waals surface area contributed by atoms with Crippen LogP contribution in [0.3, 0.4) is 0 Å². The Labute approximate surface area is 180 Å². The molecule has 14 nitrogen and oxygen atoms in total. The van der Waals surface area contributed by atoms with Gasteiger partial charge in [0.1, 0.15) is 35.9 Å². The molecule has 0 spiro atoms. The van der Waals surface area contributed by atoms with Gasteiger partial charge in [0, 0.05) is 0 Å². The normalized spacial score (nSPS) is 23.4. The summed E-state index contributed by atoms with van der Waals surface area (Å²) in [4.78, 5) is 23.9. The van der Waals surface area contributed by atoms with E-state index in [1.807, 2.05) is 0 Å². The molecule has 32 heavy (non-hydrogen) atoms. The molecule has 15 heteroatoms. The van der Waals surface area contributed by atoms with Crippen LogP contribution in [0.15, 0.2) is 36.9 Å². The van der Waals surface area contributed by atoms with E-state index in [0.717, 1.165) is 0 Å². The molecule has 0 radical (unpaired) electrons. The molecule has 0 aliphatic carbocycles. The van der Waals surface area contributed by atoms with Gasteiger partial charge >= 0.3 is 10.3 Å². The fraction of sp³-hybridized carbons (Fsp3) is 0.294. The predicted molar refractivity (Wildman–Crippen MR) is 106 cm³/mol. The van der Waals surface area contributed by atoms with Crippen molar-refractivity contribution >= 4 is 33.2 Å². The maximum atomic E-state index is 12.1. The number of aromatic nitrogens is 4. The van der Waals surface area contributed by atoms with Crippen LogP contribution in [0.25, 0.3) is 11.2 Å². The van der Waals surface area contributed by atoms with Gasteiger partial charge in [-0.1, -0.05) is 12.1 Å². The highest BCUT2D eigenvalue weighted by Gasteiger charge is 2.45. The Bertz CT molecular complexity index is 1260. The molecule has 170 valence electrons. The van der Waals surface area contributed by atoms with Gasteiger partial charge in [-0.15, -0.1) is 0 Å². The first kappa shape index (κ1) is 21.8. The first-order valence-corrected chi connectivity index (χ1v) is 10.5. The zero-order chi connectivity index (χ0) is 23.0. The molecule has 1 aliphatic rings. The first-order valence-electron chi connectivity index (χ1n) is 9.12. The van der Waals surface area contributed by atoms with E-state index < -0.39 is 53.1 Å². The third kappa shape index (κ3) is 4.06. The highest BCUT2D eigenvalue weighted by atomic mass is 32.2. The highest BCUT2D eigenvalue weighted by Crippen LogP contribution is 2.32. The number of nitrogen functional groups attached to an aromatic ring is 1. The molecule has 3 aromatic rings. The van der Waals surface area contributed by atoms with Gasteiger partial charge in [0.2, 0.25) is 0 Å². The van der Waals surface area contributed by atoms with Gasteiger partial charge in [0.05, 0.1) is 18.5 Å². The molecule has 4 rings (SSSR count). The van der Waals surface area contributed by atoms with Gasteiger partial charge in [0.25, 0.3) is 5.91 Å². The van der Waals surface area contributed by atoms with Crippen molar-refractivity contribution in [1.29, 1.82) is 0 Å². The number of aromatic hydroxyl groups is 1. The third-order valence-electron chi connectivity index (χ3n) is 4.75. The fourth-order valence-corrected chi connectivity index (χ4v) is 3.88. The van der Waals surface area contributed by atoms with Crippen molar-refractivity contribution in [2.45, 2.75) is 24.5 Å². The van der Waals surface area contributed by atoms with E-state index in [9.17, 15) is 28.5 Å². The maximum absolute atomic E-state index is 12.1. The van der Waals surface area contributed by atoms with Gasteiger partial charge < -0.3 is 25.8 Å². The van der Waals surface area contributed by atoms with Gasteiger partial charge in [-0.05, 0) is 12.1 Å². The molecule has 1 unspecified atom stereocenters. The number of imidazole rings is 1. The number of carbonyl (C=O) groups excluding carboxylic acids is 1. The van der Waals surface area contributed by atoms with E-state index in [-0.39, 0.29) is 22.5 Å². The number of fused-ring (bicyclic) bond motifs is 1. The summed E-state index contributed by atoms with van der Waals surface area (Å²) in [7, 11) is -4.63. The average molecular weight is 466 g/mol. The van der Waals surface area contributed by atoms with Crippen LogP contribution in [-0.4, -0.2) is 74.1 Å². The number of anilines is 1. The van der Waals surface area contributed by atoms with E-state index in [4.69, 9.17) is 14.7 Å². The lowest BCUT2D eigenvalue weighted by Crippen LogP contribution is -2.37. The van der Waals surface area contributed by atoms with Gasteiger partial charge in [-0.2, -0.15) is 8.42 Å². The Balaban J connectivity index is 1.44. The lowest BCUT2D eigenvalue weighted by molar-refractivity contribution is -0.0468. The maximum Gasteiger partial charge on any atom is 0.362 e. The van der Waals surface area contributed by atoms with Gasteiger partial charge in [-0.3, -0.25) is 13.5 Å².